The molecule has 0 fully saturated rings. The number of fused-ring (bicyclic) bond motifs is 4. The van der Waals surface area contributed by atoms with Crippen LogP contribution in [0.2, 0.25) is 0 Å². The highest BCUT2D eigenvalue weighted by Gasteiger charge is 2.32. The van der Waals surface area contributed by atoms with E-state index in [-0.39, 0.29) is 21.7 Å². The molecular weight excluding hydrogens is 829 g/mol. The summed E-state index contributed by atoms with van der Waals surface area (Å²) >= 11 is 0. The third-order valence-corrected chi connectivity index (χ3v) is 14.1. The second-order valence-corrected chi connectivity index (χ2v) is 22.3. The monoisotopic (exact) mass is 893 g/mol. The molecule has 0 spiro atoms. The van der Waals surface area contributed by atoms with E-state index in [1.54, 1.807) is 0 Å². The lowest BCUT2D eigenvalue weighted by atomic mass is 9.78. The largest absolute Gasteiger partial charge is 0.457 e. The van der Waals surface area contributed by atoms with Crippen molar-refractivity contribution in [2.24, 2.45) is 0 Å². The van der Waals surface area contributed by atoms with Gasteiger partial charge in [-0.1, -0.05) is 161 Å². The third kappa shape index (κ3) is 8.33. The molecule has 3 heterocycles. The summed E-state index contributed by atoms with van der Waals surface area (Å²) in [5, 5.41) is 2.36. The number of anilines is 4. The molecule has 5 nitrogen and oxygen atoms in total. The normalized spacial score (nSPS) is 13.4. The maximum atomic E-state index is 6.89. The molecule has 2 aromatic heterocycles. The Balaban J connectivity index is 1.05. The molecular formula is C63H64N4O. The van der Waals surface area contributed by atoms with E-state index in [0.717, 1.165) is 39.4 Å². The summed E-state index contributed by atoms with van der Waals surface area (Å²) in [5.74, 6) is 2.42. The molecule has 68 heavy (non-hydrogen) atoms. The summed E-state index contributed by atoms with van der Waals surface area (Å²) in [6.45, 7) is 25.8. The van der Waals surface area contributed by atoms with Crippen LogP contribution in [-0.4, -0.2) is 16.2 Å². The van der Waals surface area contributed by atoms with Crippen molar-refractivity contribution in [1.29, 1.82) is 0 Å². The van der Waals surface area contributed by atoms with Gasteiger partial charge in [0.1, 0.15) is 24.0 Å². The Morgan fingerprint density at radius 1 is 0.412 bits per heavy atom. The third-order valence-electron chi connectivity index (χ3n) is 14.1. The second kappa shape index (κ2) is 16.6. The average molecular weight is 893 g/mol. The highest BCUT2D eigenvalue weighted by Crippen LogP contribution is 2.48. The lowest BCUT2D eigenvalue weighted by molar-refractivity contribution is 0.483. The first-order valence-corrected chi connectivity index (χ1v) is 24.1. The van der Waals surface area contributed by atoms with E-state index in [2.05, 4.69) is 260 Å². The fourth-order valence-electron chi connectivity index (χ4n) is 9.75. The van der Waals surface area contributed by atoms with Gasteiger partial charge in [0.25, 0.3) is 0 Å². The van der Waals surface area contributed by atoms with Gasteiger partial charge in [-0.25, -0.2) is 4.98 Å². The Morgan fingerprint density at radius 3 is 1.79 bits per heavy atom. The van der Waals surface area contributed by atoms with E-state index < -0.39 is 0 Å². The molecule has 9 aromatic rings. The maximum Gasteiger partial charge on any atom is 0.137 e. The number of nitrogens with zero attached hydrogens (tertiary/aromatic N) is 4. The van der Waals surface area contributed by atoms with Crippen molar-refractivity contribution in [3.63, 3.8) is 0 Å². The predicted molar refractivity (Wildman–Crippen MR) is 287 cm³/mol. The van der Waals surface area contributed by atoms with E-state index in [1.165, 1.54) is 61.4 Å². The zero-order valence-electron chi connectivity index (χ0n) is 41.6. The number of pyridine rings is 1. The van der Waals surface area contributed by atoms with Crippen LogP contribution in [0, 0.1) is 0 Å². The summed E-state index contributed by atoms with van der Waals surface area (Å²) in [4.78, 5) is 9.95. The Hall–Kier alpha value is -7.11. The molecule has 1 aliphatic heterocycles. The van der Waals surface area contributed by atoms with Gasteiger partial charge in [-0.3, -0.25) is 4.57 Å². The number of hydrogen-bond acceptors (Lipinski definition) is 4. The van der Waals surface area contributed by atoms with Crippen molar-refractivity contribution in [2.75, 3.05) is 16.5 Å². The zero-order chi connectivity index (χ0) is 47.8. The van der Waals surface area contributed by atoms with Gasteiger partial charge in [0.15, 0.2) is 0 Å². The molecule has 0 bridgehead atoms. The molecule has 7 aromatic carbocycles. The number of hydrogen-bond donors (Lipinski definition) is 0. The number of benzene rings is 7. The summed E-state index contributed by atoms with van der Waals surface area (Å²) < 4.78 is 9.20. The highest BCUT2D eigenvalue weighted by molar-refractivity contribution is 6.10. The van der Waals surface area contributed by atoms with Crippen LogP contribution in [0.5, 0.6) is 11.5 Å². The smallest absolute Gasteiger partial charge is 0.137 e. The number of ether oxygens (including phenoxy) is 1. The summed E-state index contributed by atoms with van der Waals surface area (Å²) in [5.41, 5.74) is 15.3. The molecule has 0 saturated carbocycles. The van der Waals surface area contributed by atoms with Crippen LogP contribution in [0.25, 0.3) is 38.8 Å². The van der Waals surface area contributed by atoms with Crippen LogP contribution in [0.4, 0.5) is 22.7 Å². The Bertz CT molecular complexity index is 3320. The van der Waals surface area contributed by atoms with Gasteiger partial charge in [-0.2, -0.15) is 0 Å². The Kier molecular flexibility index (Phi) is 10.9. The van der Waals surface area contributed by atoms with E-state index >= 15 is 0 Å². The van der Waals surface area contributed by atoms with E-state index in [4.69, 9.17) is 9.72 Å². The van der Waals surface area contributed by atoms with Crippen LogP contribution in [0.15, 0.2) is 176 Å². The highest BCUT2D eigenvalue weighted by atomic mass is 16.5. The second-order valence-electron chi connectivity index (χ2n) is 22.3. The molecule has 342 valence electrons. The zero-order valence-corrected chi connectivity index (χ0v) is 41.6. The fraction of sp³-hybridized carbons (Fsp3) is 0.254. The summed E-state index contributed by atoms with van der Waals surface area (Å²) in [6.07, 6.45) is 1.95. The van der Waals surface area contributed by atoms with Crippen molar-refractivity contribution in [2.45, 2.75) is 97.8 Å². The quantitative estimate of drug-likeness (QED) is 0.152. The minimum absolute atomic E-state index is 0.00210. The van der Waals surface area contributed by atoms with Crippen LogP contribution >= 0.6 is 0 Å². The van der Waals surface area contributed by atoms with Gasteiger partial charge in [0.2, 0.25) is 0 Å². The molecule has 0 atom stereocenters. The van der Waals surface area contributed by atoms with E-state index in [0.29, 0.717) is 6.67 Å². The molecule has 5 heteroatoms. The van der Waals surface area contributed by atoms with E-state index in [9.17, 15) is 0 Å². The van der Waals surface area contributed by atoms with Gasteiger partial charge in [0, 0.05) is 45.9 Å². The van der Waals surface area contributed by atoms with Crippen molar-refractivity contribution in [3.05, 3.63) is 204 Å². The number of rotatable bonds is 8. The molecule has 0 aliphatic carbocycles. The minimum Gasteiger partial charge on any atom is -0.457 e. The van der Waals surface area contributed by atoms with Gasteiger partial charge < -0.3 is 14.5 Å². The first kappa shape index (κ1) is 44.7. The van der Waals surface area contributed by atoms with Gasteiger partial charge in [0.05, 0.1) is 22.4 Å². The van der Waals surface area contributed by atoms with Crippen molar-refractivity contribution in [3.8, 4) is 28.4 Å². The number of aromatic nitrogens is 2. The van der Waals surface area contributed by atoms with Crippen LogP contribution in [0.3, 0.4) is 0 Å². The first-order chi connectivity index (χ1) is 32.3. The molecule has 0 unspecified atom stereocenters. The predicted octanol–water partition coefficient (Wildman–Crippen LogP) is 17.1. The van der Waals surface area contributed by atoms with Gasteiger partial charge in [-0.15, -0.1) is 0 Å². The first-order valence-electron chi connectivity index (χ1n) is 24.1. The van der Waals surface area contributed by atoms with Gasteiger partial charge in [-0.05, 0) is 128 Å². The lowest BCUT2D eigenvalue weighted by Gasteiger charge is -2.27. The molecule has 1 aliphatic rings. The van der Waals surface area contributed by atoms with Crippen molar-refractivity contribution in [1.82, 2.24) is 9.55 Å². The standard InChI is InChI=1S/C63H64N4O/c1-60(2,3)45-25-29-55-54(36-45)53-28-27-52(40-57(53)67(55)59-38-47(31-32-64-59)63(10,11)44-21-16-13-17-22-44)68-51-24-18-23-49(39-51)65-41-66(58-37-46(61(4,5)6)26-30-56(58)65)50-34-43(42-19-14-12-15-20-42)33-48(35-50)62(7,8)9/h12-40H,41H2,1-11H3. The molecule has 0 amide bonds. The van der Waals surface area contributed by atoms with E-state index in [1.807, 2.05) is 6.20 Å². The van der Waals surface area contributed by atoms with Crippen LogP contribution in [0.1, 0.15) is 104 Å². The molecule has 10 rings (SSSR count). The SMILES string of the molecule is CC(C)(C)c1cc(-c2ccccc2)cc(N2CN(c3cccc(Oc4ccc5c6cc(C(C)(C)C)ccc6n(-c6cc(C(C)(C)c7ccccc7)ccn6)c5c4)c3)c3ccc(C(C)(C)C)cc32)c1. The summed E-state index contributed by atoms with van der Waals surface area (Å²) in [7, 11) is 0. The fourth-order valence-corrected chi connectivity index (χ4v) is 9.75. The lowest BCUT2D eigenvalue weighted by Crippen LogP contribution is -2.24. The molecule has 0 radical (unpaired) electrons. The summed E-state index contributed by atoms with van der Waals surface area (Å²) in [6, 6.07) is 61.9. The molecule has 0 N–H and O–H groups in total. The maximum absolute atomic E-state index is 6.89. The van der Waals surface area contributed by atoms with Gasteiger partial charge >= 0.3 is 0 Å². The van der Waals surface area contributed by atoms with Crippen LogP contribution in [-0.2, 0) is 21.7 Å². The van der Waals surface area contributed by atoms with Crippen LogP contribution < -0.4 is 14.5 Å². The average Bonchev–Trinajstić information content (AvgIpc) is 3.87. The Morgan fingerprint density at radius 2 is 1.07 bits per heavy atom. The van der Waals surface area contributed by atoms with Crippen molar-refractivity contribution >= 4 is 44.6 Å². The Labute approximate surface area is 403 Å². The molecule has 0 saturated heterocycles. The topological polar surface area (TPSA) is 33.5 Å². The van der Waals surface area contributed by atoms with Crippen molar-refractivity contribution < 1.29 is 4.74 Å². The minimum atomic E-state index is -0.222.